The predicted molar refractivity (Wildman–Crippen MR) is 103 cm³/mol. The van der Waals surface area contributed by atoms with Crippen LogP contribution in [0.4, 0.5) is 0 Å². The standard InChI is InChI=1S/C18H25N5O6/c19-7-1-2-8-21-18(20)23-15(25)12(9-10-3-5-11(24)6-4-10)22-16(26)13-14(29-13)17(27)28/h3-6,12-14,24H,1-2,7-9,19H2,(H,22,26)(H,27,28)(H3,20,21,23,25)/t12-,13-,14-/m0/s1. The van der Waals surface area contributed by atoms with Crippen molar-refractivity contribution in [2.24, 2.45) is 16.5 Å². The first-order chi connectivity index (χ1) is 13.8. The third-order valence-electron chi connectivity index (χ3n) is 4.15. The number of carboxylic acid groups (broad SMARTS) is 1. The van der Waals surface area contributed by atoms with Gasteiger partial charge in [-0.25, -0.2) is 4.79 Å². The first-order valence-corrected chi connectivity index (χ1v) is 9.09. The van der Waals surface area contributed by atoms with E-state index in [0.29, 0.717) is 18.7 Å². The molecular weight excluding hydrogens is 382 g/mol. The molecule has 0 aromatic heterocycles. The number of aliphatic imine (C=N–C) groups is 1. The van der Waals surface area contributed by atoms with Gasteiger partial charge in [-0.15, -0.1) is 0 Å². The number of ether oxygens (including phenoxy) is 1. The summed E-state index contributed by atoms with van der Waals surface area (Å²) in [5, 5.41) is 23.2. The van der Waals surface area contributed by atoms with E-state index in [9.17, 15) is 19.5 Å². The molecule has 3 atom stereocenters. The van der Waals surface area contributed by atoms with Gasteiger partial charge in [0, 0.05) is 13.0 Å². The minimum absolute atomic E-state index is 0.0586. The minimum Gasteiger partial charge on any atom is -0.508 e. The fraction of sp³-hybridized carbons (Fsp3) is 0.444. The summed E-state index contributed by atoms with van der Waals surface area (Å²) >= 11 is 0. The zero-order chi connectivity index (χ0) is 21.4. The number of guanidine groups is 1. The summed E-state index contributed by atoms with van der Waals surface area (Å²) in [7, 11) is 0. The highest BCUT2D eigenvalue weighted by atomic mass is 16.6. The second-order valence-corrected chi connectivity index (χ2v) is 6.50. The molecule has 0 unspecified atom stereocenters. The molecule has 29 heavy (non-hydrogen) atoms. The Morgan fingerprint density at radius 2 is 1.86 bits per heavy atom. The quantitative estimate of drug-likeness (QED) is 0.116. The number of nitrogens with zero attached hydrogens (tertiary/aromatic N) is 1. The van der Waals surface area contributed by atoms with E-state index in [4.69, 9.17) is 21.3 Å². The van der Waals surface area contributed by atoms with Crippen LogP contribution in [0.25, 0.3) is 0 Å². The summed E-state index contributed by atoms with van der Waals surface area (Å²) < 4.78 is 4.81. The number of benzene rings is 1. The number of aliphatic carboxylic acids is 1. The van der Waals surface area contributed by atoms with E-state index in [0.717, 1.165) is 12.8 Å². The summed E-state index contributed by atoms with van der Waals surface area (Å²) in [5.74, 6) is -2.61. The van der Waals surface area contributed by atoms with Crippen molar-refractivity contribution >= 4 is 23.7 Å². The first kappa shape index (κ1) is 22.1. The number of hydrogen-bond donors (Lipinski definition) is 6. The first-order valence-electron chi connectivity index (χ1n) is 9.09. The predicted octanol–water partition coefficient (Wildman–Crippen LogP) is -1.56. The number of amides is 2. The number of rotatable bonds is 10. The topological polar surface area (TPSA) is 193 Å². The lowest BCUT2D eigenvalue weighted by Gasteiger charge is -2.18. The number of epoxide rings is 1. The Kier molecular flexibility index (Phi) is 7.92. The van der Waals surface area contributed by atoms with E-state index >= 15 is 0 Å². The number of aromatic hydroxyl groups is 1. The van der Waals surface area contributed by atoms with E-state index in [-0.39, 0.29) is 18.1 Å². The Balaban J connectivity index is 2.02. The highest BCUT2D eigenvalue weighted by molar-refractivity contribution is 6.01. The smallest absolute Gasteiger partial charge is 0.336 e. The highest BCUT2D eigenvalue weighted by Crippen LogP contribution is 2.22. The Hall–Kier alpha value is -3.18. The monoisotopic (exact) mass is 407 g/mol. The van der Waals surface area contributed by atoms with Crippen molar-refractivity contribution < 1.29 is 29.3 Å². The van der Waals surface area contributed by atoms with Crippen LogP contribution in [0.2, 0.25) is 0 Å². The van der Waals surface area contributed by atoms with Crippen molar-refractivity contribution in [3.05, 3.63) is 29.8 Å². The fourth-order valence-electron chi connectivity index (χ4n) is 2.54. The lowest BCUT2D eigenvalue weighted by atomic mass is 10.0. The number of nitrogens with one attached hydrogen (secondary N) is 2. The molecule has 1 aromatic carbocycles. The highest BCUT2D eigenvalue weighted by Gasteiger charge is 2.51. The van der Waals surface area contributed by atoms with Gasteiger partial charge in [-0.3, -0.25) is 19.9 Å². The van der Waals surface area contributed by atoms with Crippen molar-refractivity contribution in [1.82, 2.24) is 10.6 Å². The second-order valence-electron chi connectivity index (χ2n) is 6.50. The SMILES string of the molecule is NCCCCN=C(N)NC(=O)[C@H](Cc1ccc(O)cc1)NC(=O)[C@H]1O[C@@H]1C(=O)O. The molecule has 1 saturated heterocycles. The van der Waals surface area contributed by atoms with Crippen LogP contribution in [0.15, 0.2) is 29.3 Å². The van der Waals surface area contributed by atoms with Crippen LogP contribution in [0.3, 0.4) is 0 Å². The molecule has 2 amide bonds. The van der Waals surface area contributed by atoms with E-state index in [1.54, 1.807) is 12.1 Å². The zero-order valence-corrected chi connectivity index (χ0v) is 15.7. The van der Waals surface area contributed by atoms with Crippen LogP contribution in [-0.2, 0) is 25.5 Å². The van der Waals surface area contributed by atoms with Gasteiger partial charge in [-0.05, 0) is 37.1 Å². The normalized spacial score (nSPS) is 19.3. The number of phenols is 1. The van der Waals surface area contributed by atoms with Crippen LogP contribution in [0.1, 0.15) is 18.4 Å². The Morgan fingerprint density at radius 3 is 2.45 bits per heavy atom. The van der Waals surface area contributed by atoms with Gasteiger partial charge in [0.05, 0.1) is 0 Å². The summed E-state index contributed by atoms with van der Waals surface area (Å²) in [6.07, 6.45) is -0.790. The Morgan fingerprint density at radius 1 is 1.17 bits per heavy atom. The van der Waals surface area contributed by atoms with Crippen LogP contribution in [0, 0.1) is 0 Å². The maximum Gasteiger partial charge on any atom is 0.336 e. The third kappa shape index (κ3) is 7.05. The summed E-state index contributed by atoms with van der Waals surface area (Å²) in [6.45, 7) is 0.928. The summed E-state index contributed by atoms with van der Waals surface area (Å²) in [5.41, 5.74) is 11.8. The summed E-state index contributed by atoms with van der Waals surface area (Å²) in [4.78, 5) is 39.7. The van der Waals surface area contributed by atoms with E-state index < -0.39 is 36.0 Å². The largest absolute Gasteiger partial charge is 0.508 e. The molecular formula is C18H25N5O6. The van der Waals surface area contributed by atoms with Crippen molar-refractivity contribution in [2.45, 2.75) is 37.5 Å². The molecule has 8 N–H and O–H groups in total. The lowest BCUT2D eigenvalue weighted by molar-refractivity contribution is -0.138. The van der Waals surface area contributed by atoms with Crippen molar-refractivity contribution in [2.75, 3.05) is 13.1 Å². The molecule has 0 bridgehead atoms. The second kappa shape index (κ2) is 10.4. The number of carbonyl (C=O) groups is 3. The number of nitrogens with two attached hydrogens (primary N) is 2. The van der Waals surface area contributed by atoms with Crippen LogP contribution < -0.4 is 22.1 Å². The average molecular weight is 407 g/mol. The maximum absolute atomic E-state index is 12.6. The molecule has 11 heteroatoms. The van der Waals surface area contributed by atoms with Gasteiger partial charge in [0.1, 0.15) is 11.8 Å². The van der Waals surface area contributed by atoms with Crippen molar-refractivity contribution in [3.8, 4) is 5.75 Å². The number of carboxylic acids is 1. The lowest BCUT2D eigenvalue weighted by Crippen LogP contribution is -2.52. The van der Waals surface area contributed by atoms with Crippen LogP contribution >= 0.6 is 0 Å². The van der Waals surface area contributed by atoms with Gasteiger partial charge in [-0.1, -0.05) is 12.1 Å². The van der Waals surface area contributed by atoms with E-state index in [1.807, 2.05) is 0 Å². The van der Waals surface area contributed by atoms with Crippen LogP contribution in [0.5, 0.6) is 5.75 Å². The van der Waals surface area contributed by atoms with E-state index in [1.165, 1.54) is 12.1 Å². The number of unbranched alkanes of at least 4 members (excludes halogenated alkanes) is 1. The summed E-state index contributed by atoms with van der Waals surface area (Å²) in [6, 6.07) is 5.04. The van der Waals surface area contributed by atoms with Crippen molar-refractivity contribution in [1.29, 1.82) is 0 Å². The molecule has 158 valence electrons. The molecule has 0 saturated carbocycles. The molecule has 0 aliphatic carbocycles. The van der Waals surface area contributed by atoms with Gasteiger partial charge in [0.25, 0.3) is 5.91 Å². The third-order valence-corrected chi connectivity index (χ3v) is 4.15. The van der Waals surface area contributed by atoms with E-state index in [2.05, 4.69) is 15.6 Å². The number of hydrogen-bond acceptors (Lipinski definition) is 7. The molecule has 1 aliphatic heterocycles. The van der Waals surface area contributed by atoms with Crippen LogP contribution in [-0.4, -0.2) is 65.3 Å². The number of carbonyl (C=O) groups excluding carboxylic acids is 2. The molecule has 0 spiro atoms. The zero-order valence-electron chi connectivity index (χ0n) is 15.7. The number of phenolic OH excluding ortho intramolecular Hbond substituents is 1. The van der Waals surface area contributed by atoms with Gasteiger partial charge in [0.15, 0.2) is 18.2 Å². The van der Waals surface area contributed by atoms with Gasteiger partial charge in [0.2, 0.25) is 5.91 Å². The fourth-order valence-corrected chi connectivity index (χ4v) is 2.54. The molecule has 1 aromatic rings. The maximum atomic E-state index is 12.6. The Bertz CT molecular complexity index is 767. The van der Waals surface area contributed by atoms with Gasteiger partial charge < -0.3 is 31.7 Å². The van der Waals surface area contributed by atoms with Crippen molar-refractivity contribution in [3.63, 3.8) is 0 Å². The molecule has 2 rings (SSSR count). The Labute approximate surface area is 167 Å². The molecule has 1 fully saturated rings. The molecule has 1 aliphatic rings. The molecule has 11 nitrogen and oxygen atoms in total. The molecule has 1 heterocycles. The minimum atomic E-state index is -1.25. The molecule has 0 radical (unpaired) electrons. The van der Waals surface area contributed by atoms with Gasteiger partial charge in [-0.2, -0.15) is 0 Å². The average Bonchev–Trinajstić information content (AvgIpc) is 3.47. The van der Waals surface area contributed by atoms with Gasteiger partial charge >= 0.3 is 5.97 Å².